The highest BCUT2D eigenvalue weighted by Gasteiger charge is 2.29. The van der Waals surface area contributed by atoms with Crippen LogP contribution in [0.3, 0.4) is 0 Å². The molecule has 2 aliphatic rings. The molecule has 3 rings (SSSR count). The van der Waals surface area contributed by atoms with Gasteiger partial charge in [-0.25, -0.2) is 0 Å². The van der Waals surface area contributed by atoms with E-state index in [1.165, 1.54) is 0 Å². The highest BCUT2D eigenvalue weighted by atomic mass is 35.5. The van der Waals surface area contributed by atoms with Crippen molar-refractivity contribution in [3.63, 3.8) is 0 Å². The van der Waals surface area contributed by atoms with Gasteiger partial charge in [-0.15, -0.1) is 24.8 Å². The standard InChI is InChI=1S/C20H31N3O3.2ClH/c1-15-19(21-9-12-26-15)20(25)22-13-16-7-10-23(11-8-16)14-18(24)17-5-3-2-4-6-17;;/h2-6,15-16,18-19,21,24H,7-14H2,1H3,(H,22,25);2*1H/t15-,18?,19+;;/m1../s1. The quantitative estimate of drug-likeness (QED) is 0.637. The van der Waals surface area contributed by atoms with Crippen LogP contribution in [-0.2, 0) is 9.53 Å². The Balaban J connectivity index is 0.00000196. The third-order valence-electron chi connectivity index (χ3n) is 5.49. The van der Waals surface area contributed by atoms with E-state index < -0.39 is 6.10 Å². The summed E-state index contributed by atoms with van der Waals surface area (Å²) in [7, 11) is 0. The Morgan fingerprint density at radius 1 is 1.29 bits per heavy atom. The predicted octanol–water partition coefficient (Wildman–Crippen LogP) is 1.77. The fourth-order valence-corrected chi connectivity index (χ4v) is 3.78. The van der Waals surface area contributed by atoms with E-state index in [1.807, 2.05) is 37.3 Å². The normalized spacial score (nSPS) is 24.5. The van der Waals surface area contributed by atoms with E-state index in [1.54, 1.807) is 0 Å². The summed E-state index contributed by atoms with van der Waals surface area (Å²) in [6.45, 7) is 6.65. The first-order chi connectivity index (χ1) is 12.6. The number of hydrogen-bond acceptors (Lipinski definition) is 5. The highest BCUT2D eigenvalue weighted by molar-refractivity contribution is 5.85. The van der Waals surface area contributed by atoms with Crippen LogP contribution in [0.1, 0.15) is 31.4 Å². The second-order valence-electron chi connectivity index (χ2n) is 7.42. The van der Waals surface area contributed by atoms with Gasteiger partial charge in [0.05, 0.1) is 18.8 Å². The van der Waals surface area contributed by atoms with Crippen LogP contribution in [0.25, 0.3) is 0 Å². The molecular formula is C20H33Cl2N3O3. The lowest BCUT2D eigenvalue weighted by Gasteiger charge is -2.34. The lowest BCUT2D eigenvalue weighted by atomic mass is 9.96. The number of likely N-dealkylation sites (tertiary alicyclic amines) is 1. The van der Waals surface area contributed by atoms with Crippen LogP contribution in [0, 0.1) is 5.92 Å². The summed E-state index contributed by atoms with van der Waals surface area (Å²) in [5.74, 6) is 0.544. The van der Waals surface area contributed by atoms with Gasteiger partial charge in [0.25, 0.3) is 0 Å². The minimum atomic E-state index is -0.439. The van der Waals surface area contributed by atoms with Crippen LogP contribution >= 0.6 is 24.8 Å². The smallest absolute Gasteiger partial charge is 0.239 e. The average Bonchev–Trinajstić information content (AvgIpc) is 2.68. The Morgan fingerprint density at radius 3 is 2.61 bits per heavy atom. The molecular weight excluding hydrogens is 401 g/mol. The van der Waals surface area contributed by atoms with E-state index in [-0.39, 0.29) is 42.9 Å². The molecule has 0 spiro atoms. The fourth-order valence-electron chi connectivity index (χ4n) is 3.78. The van der Waals surface area contributed by atoms with Crippen molar-refractivity contribution in [3.05, 3.63) is 35.9 Å². The first-order valence-electron chi connectivity index (χ1n) is 9.71. The van der Waals surface area contributed by atoms with Crippen LogP contribution in [0.15, 0.2) is 30.3 Å². The molecule has 28 heavy (non-hydrogen) atoms. The number of benzene rings is 1. The second-order valence-corrected chi connectivity index (χ2v) is 7.42. The number of carbonyl (C=O) groups is 1. The van der Waals surface area contributed by atoms with Crippen molar-refractivity contribution in [1.29, 1.82) is 0 Å². The van der Waals surface area contributed by atoms with E-state index in [0.717, 1.165) is 44.6 Å². The van der Waals surface area contributed by atoms with Gasteiger partial charge < -0.3 is 25.4 Å². The van der Waals surface area contributed by atoms with Gasteiger partial charge in [-0.1, -0.05) is 30.3 Å². The van der Waals surface area contributed by atoms with Gasteiger partial charge >= 0.3 is 0 Å². The number of ether oxygens (including phenoxy) is 1. The topological polar surface area (TPSA) is 73.8 Å². The van der Waals surface area contributed by atoms with Gasteiger partial charge in [0.15, 0.2) is 0 Å². The molecule has 2 heterocycles. The predicted molar refractivity (Wildman–Crippen MR) is 115 cm³/mol. The molecule has 0 aliphatic carbocycles. The number of β-amino-alcohol motifs (C(OH)–C–C–N with tert-alkyl or cyclic N) is 1. The van der Waals surface area contributed by atoms with E-state index >= 15 is 0 Å². The summed E-state index contributed by atoms with van der Waals surface area (Å²) in [6.07, 6.45) is 1.58. The molecule has 0 radical (unpaired) electrons. The number of nitrogens with zero attached hydrogens (tertiary/aromatic N) is 1. The largest absolute Gasteiger partial charge is 0.387 e. The minimum absolute atomic E-state index is 0. The lowest BCUT2D eigenvalue weighted by molar-refractivity contribution is -0.129. The Kier molecular flexibility index (Phi) is 11.3. The number of carbonyl (C=O) groups excluding carboxylic acids is 1. The van der Waals surface area contributed by atoms with Crippen LogP contribution in [0.2, 0.25) is 0 Å². The highest BCUT2D eigenvalue weighted by Crippen LogP contribution is 2.20. The maximum atomic E-state index is 12.3. The zero-order valence-electron chi connectivity index (χ0n) is 16.4. The molecule has 1 aromatic rings. The van der Waals surface area contributed by atoms with E-state index in [0.29, 0.717) is 19.1 Å². The number of aliphatic hydroxyl groups is 1. The van der Waals surface area contributed by atoms with Crippen molar-refractivity contribution in [1.82, 2.24) is 15.5 Å². The Labute approximate surface area is 180 Å². The molecule has 0 aromatic heterocycles. The minimum Gasteiger partial charge on any atom is -0.387 e. The molecule has 0 bridgehead atoms. The molecule has 3 N–H and O–H groups in total. The van der Waals surface area contributed by atoms with E-state index in [9.17, 15) is 9.90 Å². The lowest BCUT2D eigenvalue weighted by Crippen LogP contribution is -2.56. The molecule has 2 aliphatic heterocycles. The molecule has 8 heteroatoms. The van der Waals surface area contributed by atoms with Crippen LogP contribution < -0.4 is 10.6 Å². The number of halogens is 2. The molecule has 2 fully saturated rings. The van der Waals surface area contributed by atoms with Gasteiger partial charge in [-0.3, -0.25) is 4.79 Å². The molecule has 0 saturated carbocycles. The van der Waals surface area contributed by atoms with Crippen molar-refractivity contribution in [2.24, 2.45) is 5.92 Å². The maximum absolute atomic E-state index is 12.3. The molecule has 160 valence electrons. The van der Waals surface area contributed by atoms with Gasteiger partial charge in [-0.2, -0.15) is 0 Å². The number of hydrogen-bond donors (Lipinski definition) is 3. The monoisotopic (exact) mass is 433 g/mol. The van der Waals surface area contributed by atoms with Crippen molar-refractivity contribution in [2.75, 3.05) is 39.3 Å². The number of rotatable bonds is 6. The van der Waals surface area contributed by atoms with Gasteiger partial charge in [0.2, 0.25) is 5.91 Å². The first kappa shape index (κ1) is 25.1. The number of aliphatic hydroxyl groups excluding tert-OH is 1. The Hall–Kier alpha value is -0.890. The summed E-state index contributed by atoms with van der Waals surface area (Å²) >= 11 is 0. The van der Waals surface area contributed by atoms with Crippen molar-refractivity contribution in [2.45, 2.75) is 38.0 Å². The summed E-state index contributed by atoms with van der Waals surface area (Å²) in [4.78, 5) is 14.6. The molecule has 1 aromatic carbocycles. The van der Waals surface area contributed by atoms with Gasteiger partial charge in [0.1, 0.15) is 6.04 Å². The summed E-state index contributed by atoms with van der Waals surface area (Å²) in [6, 6.07) is 9.57. The van der Waals surface area contributed by atoms with Crippen molar-refractivity contribution < 1.29 is 14.6 Å². The number of piperidine rings is 1. The van der Waals surface area contributed by atoms with E-state index in [4.69, 9.17) is 4.74 Å². The molecule has 1 amide bonds. The van der Waals surface area contributed by atoms with Crippen LogP contribution in [0.4, 0.5) is 0 Å². The van der Waals surface area contributed by atoms with Gasteiger partial charge in [0, 0.05) is 19.6 Å². The summed E-state index contributed by atoms with van der Waals surface area (Å²) < 4.78 is 5.54. The molecule has 6 nitrogen and oxygen atoms in total. The fraction of sp³-hybridized carbons (Fsp3) is 0.650. The third-order valence-corrected chi connectivity index (χ3v) is 5.49. The zero-order chi connectivity index (χ0) is 18.4. The van der Waals surface area contributed by atoms with Crippen molar-refractivity contribution >= 4 is 30.7 Å². The van der Waals surface area contributed by atoms with Gasteiger partial charge in [-0.05, 0) is 44.3 Å². The third kappa shape index (κ3) is 7.17. The van der Waals surface area contributed by atoms with Crippen LogP contribution in [-0.4, -0.2) is 67.4 Å². The first-order valence-corrected chi connectivity index (χ1v) is 9.71. The second kappa shape index (κ2) is 12.6. The van der Waals surface area contributed by atoms with E-state index in [2.05, 4.69) is 15.5 Å². The zero-order valence-corrected chi connectivity index (χ0v) is 18.0. The Morgan fingerprint density at radius 2 is 1.96 bits per heavy atom. The number of amides is 1. The average molecular weight is 434 g/mol. The maximum Gasteiger partial charge on any atom is 0.239 e. The Bertz CT molecular complexity index is 571. The molecule has 3 atom stereocenters. The number of nitrogens with one attached hydrogen (secondary N) is 2. The summed E-state index contributed by atoms with van der Waals surface area (Å²) in [5, 5.41) is 16.7. The van der Waals surface area contributed by atoms with Crippen LogP contribution in [0.5, 0.6) is 0 Å². The number of morpholine rings is 1. The SMILES string of the molecule is C[C@H]1OCCN[C@@H]1C(=O)NCC1CCN(CC(O)c2ccccc2)CC1.Cl.Cl. The summed E-state index contributed by atoms with van der Waals surface area (Å²) in [5.41, 5.74) is 0.971. The molecule has 2 saturated heterocycles. The molecule has 1 unspecified atom stereocenters. The van der Waals surface area contributed by atoms with Crippen molar-refractivity contribution in [3.8, 4) is 0 Å².